The molecule has 0 saturated carbocycles. The second-order valence-electron chi connectivity index (χ2n) is 6.56. The summed E-state index contributed by atoms with van der Waals surface area (Å²) in [7, 11) is 1.49. The third-order valence-electron chi connectivity index (χ3n) is 4.42. The molecule has 10 heteroatoms. The SMILES string of the molecule is CCCNC(=O)Cn1cnc2sc(C(=O)Nc3cc(Cl)ccc3OC)c(C)c2c1=O. The van der Waals surface area contributed by atoms with Crippen LogP contribution < -0.4 is 20.9 Å². The van der Waals surface area contributed by atoms with Crippen LogP contribution in [-0.4, -0.2) is 35.0 Å². The summed E-state index contributed by atoms with van der Waals surface area (Å²) in [5, 5.41) is 6.27. The van der Waals surface area contributed by atoms with Crippen LogP contribution >= 0.6 is 22.9 Å². The molecule has 2 N–H and O–H groups in total. The fourth-order valence-electron chi connectivity index (χ4n) is 2.92. The lowest BCUT2D eigenvalue weighted by atomic mass is 10.2. The highest BCUT2D eigenvalue weighted by Gasteiger charge is 2.21. The van der Waals surface area contributed by atoms with E-state index in [9.17, 15) is 14.4 Å². The Labute approximate surface area is 181 Å². The van der Waals surface area contributed by atoms with Crippen molar-refractivity contribution in [3.05, 3.63) is 50.3 Å². The number of benzene rings is 1. The van der Waals surface area contributed by atoms with Crippen LogP contribution in [0.5, 0.6) is 5.75 Å². The lowest BCUT2D eigenvalue weighted by molar-refractivity contribution is -0.121. The fourth-order valence-corrected chi connectivity index (χ4v) is 4.13. The van der Waals surface area contributed by atoms with Gasteiger partial charge in [-0.2, -0.15) is 0 Å². The summed E-state index contributed by atoms with van der Waals surface area (Å²) in [5.41, 5.74) is 0.568. The summed E-state index contributed by atoms with van der Waals surface area (Å²) in [6.07, 6.45) is 2.13. The number of nitrogens with one attached hydrogen (secondary N) is 2. The zero-order valence-electron chi connectivity index (χ0n) is 16.7. The quantitative estimate of drug-likeness (QED) is 0.577. The largest absolute Gasteiger partial charge is 0.495 e. The van der Waals surface area contributed by atoms with Crippen LogP contribution in [0.2, 0.25) is 5.02 Å². The van der Waals surface area contributed by atoms with Crippen molar-refractivity contribution >= 4 is 50.7 Å². The predicted molar refractivity (Wildman–Crippen MR) is 118 cm³/mol. The number of halogens is 1. The van der Waals surface area contributed by atoms with Gasteiger partial charge in [0, 0.05) is 11.6 Å². The molecule has 0 unspecified atom stereocenters. The zero-order valence-corrected chi connectivity index (χ0v) is 18.3. The van der Waals surface area contributed by atoms with E-state index >= 15 is 0 Å². The molecule has 8 nitrogen and oxygen atoms in total. The zero-order chi connectivity index (χ0) is 21.8. The molecule has 2 aromatic heterocycles. The molecule has 0 saturated heterocycles. The molecule has 1 aromatic carbocycles. The monoisotopic (exact) mass is 448 g/mol. The number of rotatable bonds is 7. The molecule has 0 radical (unpaired) electrons. The van der Waals surface area contributed by atoms with E-state index in [-0.39, 0.29) is 18.0 Å². The van der Waals surface area contributed by atoms with Gasteiger partial charge in [-0.1, -0.05) is 18.5 Å². The number of aromatic nitrogens is 2. The number of carbonyl (C=O) groups excluding carboxylic acids is 2. The number of amides is 2. The molecular weight excluding hydrogens is 428 g/mol. The van der Waals surface area contributed by atoms with Crippen LogP contribution in [0.25, 0.3) is 10.2 Å². The molecule has 3 aromatic rings. The first kappa shape index (κ1) is 21.8. The van der Waals surface area contributed by atoms with E-state index in [1.54, 1.807) is 25.1 Å². The predicted octanol–water partition coefficient (Wildman–Crippen LogP) is 3.21. The Hall–Kier alpha value is -2.91. The Morgan fingerprint density at radius 2 is 2.10 bits per heavy atom. The Kier molecular flexibility index (Phi) is 6.73. The van der Waals surface area contributed by atoms with Crippen LogP contribution in [0.4, 0.5) is 5.69 Å². The molecule has 0 atom stereocenters. The normalized spacial score (nSPS) is 10.8. The summed E-state index contributed by atoms with van der Waals surface area (Å²) in [6, 6.07) is 4.89. The second kappa shape index (κ2) is 9.27. The first-order chi connectivity index (χ1) is 14.3. The highest BCUT2D eigenvalue weighted by molar-refractivity contribution is 7.20. The van der Waals surface area contributed by atoms with Gasteiger partial charge in [-0.3, -0.25) is 19.0 Å². The Morgan fingerprint density at radius 3 is 2.80 bits per heavy atom. The first-order valence-electron chi connectivity index (χ1n) is 9.25. The average molecular weight is 449 g/mol. The summed E-state index contributed by atoms with van der Waals surface area (Å²) >= 11 is 7.13. The smallest absolute Gasteiger partial charge is 0.266 e. The number of hydrogen-bond acceptors (Lipinski definition) is 6. The maximum atomic E-state index is 12.9. The lowest BCUT2D eigenvalue weighted by Gasteiger charge is -2.10. The molecule has 0 aliphatic carbocycles. The molecule has 30 heavy (non-hydrogen) atoms. The topological polar surface area (TPSA) is 102 Å². The van der Waals surface area contributed by atoms with Gasteiger partial charge in [-0.25, -0.2) is 4.98 Å². The molecule has 0 aliphatic rings. The highest BCUT2D eigenvalue weighted by atomic mass is 35.5. The minimum atomic E-state index is -0.400. The maximum Gasteiger partial charge on any atom is 0.266 e. The van der Waals surface area contributed by atoms with Crippen molar-refractivity contribution in [2.75, 3.05) is 19.0 Å². The number of thiophene rings is 1. The number of carbonyl (C=O) groups is 2. The first-order valence-corrected chi connectivity index (χ1v) is 10.4. The van der Waals surface area contributed by atoms with Gasteiger partial charge in [0.15, 0.2) is 0 Å². The summed E-state index contributed by atoms with van der Waals surface area (Å²) in [6.45, 7) is 4.05. The number of nitrogens with zero attached hydrogens (tertiary/aromatic N) is 2. The lowest BCUT2D eigenvalue weighted by Crippen LogP contribution is -2.32. The minimum Gasteiger partial charge on any atom is -0.495 e. The van der Waals surface area contributed by atoms with E-state index in [1.807, 2.05) is 6.92 Å². The summed E-state index contributed by atoms with van der Waals surface area (Å²) < 4.78 is 6.50. The number of anilines is 1. The van der Waals surface area contributed by atoms with Gasteiger partial charge in [-0.15, -0.1) is 11.3 Å². The standard InChI is InChI=1S/C20H21ClN4O4S/c1-4-7-22-15(26)9-25-10-23-19-16(20(25)28)11(2)17(30-19)18(27)24-13-8-12(21)5-6-14(13)29-3/h5-6,8,10H,4,7,9H2,1-3H3,(H,22,26)(H,24,27). The Balaban J connectivity index is 1.93. The third-order valence-corrected chi connectivity index (χ3v) is 5.85. The van der Waals surface area contributed by atoms with Crippen molar-refractivity contribution in [3.63, 3.8) is 0 Å². The van der Waals surface area contributed by atoms with Crippen LogP contribution in [0.1, 0.15) is 28.6 Å². The van der Waals surface area contributed by atoms with Gasteiger partial charge in [-0.05, 0) is 37.1 Å². The van der Waals surface area contributed by atoms with Crippen molar-refractivity contribution in [2.45, 2.75) is 26.8 Å². The van der Waals surface area contributed by atoms with Gasteiger partial charge in [0.05, 0.1) is 29.4 Å². The Morgan fingerprint density at radius 1 is 1.33 bits per heavy atom. The van der Waals surface area contributed by atoms with Crippen LogP contribution in [0.3, 0.4) is 0 Å². The van der Waals surface area contributed by atoms with Gasteiger partial charge in [0.1, 0.15) is 17.1 Å². The summed E-state index contributed by atoms with van der Waals surface area (Å²) in [5.74, 6) is -0.202. The van der Waals surface area contributed by atoms with E-state index in [4.69, 9.17) is 16.3 Å². The molecule has 158 valence electrons. The van der Waals surface area contributed by atoms with E-state index in [0.29, 0.717) is 43.7 Å². The van der Waals surface area contributed by atoms with Crippen molar-refractivity contribution < 1.29 is 14.3 Å². The molecule has 0 aliphatic heterocycles. The second-order valence-corrected chi connectivity index (χ2v) is 8.00. The van der Waals surface area contributed by atoms with Crippen molar-refractivity contribution in [2.24, 2.45) is 0 Å². The van der Waals surface area contributed by atoms with Gasteiger partial charge >= 0.3 is 0 Å². The molecule has 0 fully saturated rings. The third kappa shape index (κ3) is 4.47. The number of fused-ring (bicyclic) bond motifs is 1. The van der Waals surface area contributed by atoms with Crippen molar-refractivity contribution in [1.82, 2.24) is 14.9 Å². The molecule has 2 amide bonds. The van der Waals surface area contributed by atoms with E-state index < -0.39 is 5.91 Å². The highest BCUT2D eigenvalue weighted by Crippen LogP contribution is 2.31. The minimum absolute atomic E-state index is 0.127. The number of methoxy groups -OCH3 is 1. The average Bonchev–Trinajstić information content (AvgIpc) is 3.06. The van der Waals surface area contributed by atoms with E-state index in [2.05, 4.69) is 15.6 Å². The van der Waals surface area contributed by atoms with Crippen LogP contribution in [0.15, 0.2) is 29.3 Å². The molecule has 0 bridgehead atoms. The summed E-state index contributed by atoms with van der Waals surface area (Å²) in [4.78, 5) is 42.8. The van der Waals surface area contributed by atoms with Crippen LogP contribution in [0, 0.1) is 6.92 Å². The molecule has 0 spiro atoms. The van der Waals surface area contributed by atoms with Gasteiger partial charge in [0.25, 0.3) is 11.5 Å². The number of aryl methyl sites for hydroxylation is 1. The molecule has 2 heterocycles. The van der Waals surface area contributed by atoms with Crippen molar-refractivity contribution in [3.8, 4) is 5.75 Å². The van der Waals surface area contributed by atoms with E-state index in [1.165, 1.54) is 18.0 Å². The Bertz CT molecular complexity index is 1170. The maximum absolute atomic E-state index is 12.9. The van der Waals surface area contributed by atoms with Gasteiger partial charge < -0.3 is 15.4 Å². The molecule has 3 rings (SSSR count). The van der Waals surface area contributed by atoms with Crippen molar-refractivity contribution in [1.29, 1.82) is 0 Å². The van der Waals surface area contributed by atoms with Gasteiger partial charge in [0.2, 0.25) is 5.91 Å². The number of ether oxygens (including phenoxy) is 1. The number of hydrogen-bond donors (Lipinski definition) is 2. The molecular formula is C20H21ClN4O4S. The fraction of sp³-hybridized carbons (Fsp3) is 0.300. The van der Waals surface area contributed by atoms with Crippen LogP contribution in [-0.2, 0) is 11.3 Å². The van der Waals surface area contributed by atoms with E-state index in [0.717, 1.165) is 17.8 Å².